The summed E-state index contributed by atoms with van der Waals surface area (Å²) in [6.45, 7) is 0. The monoisotopic (exact) mass is 77.0 g/mol. The van der Waals surface area contributed by atoms with Gasteiger partial charge in [-0.1, -0.05) is 0 Å². The molecule has 0 aromatic heterocycles. The maximum atomic E-state index is 7.38. The predicted molar refractivity (Wildman–Crippen MR) is 21.3 cm³/mol. The third kappa shape index (κ3) is 28.1. The number of rotatable bonds is 0. The van der Waals surface area contributed by atoms with Crippen molar-refractivity contribution in [3.05, 3.63) is 0 Å². The molecule has 0 aliphatic heterocycles. The van der Waals surface area contributed by atoms with Crippen molar-refractivity contribution in [2.24, 2.45) is 0 Å². The lowest BCUT2D eigenvalue weighted by molar-refractivity contribution is 0.659. The van der Waals surface area contributed by atoms with Crippen LogP contribution in [-0.4, -0.2) is 12.5 Å². The van der Waals surface area contributed by atoms with Crippen molar-refractivity contribution in [1.82, 2.24) is 6.15 Å². The summed E-state index contributed by atoms with van der Waals surface area (Å²) in [4.78, 5) is 7.38. The summed E-state index contributed by atoms with van der Waals surface area (Å²) in [6, 6.07) is 0. The molecule has 0 spiro atoms. The molecule has 0 aromatic carbocycles. The van der Waals surface area contributed by atoms with Crippen molar-refractivity contribution in [1.29, 1.82) is 0 Å². The van der Waals surface area contributed by atoms with Crippen LogP contribution in [0, 0.1) is 0 Å². The molecule has 2 nitrogen and oxygen atoms in total. The largest absolute Gasteiger partial charge is 0.388 e. The molecule has 4 N–H and O–H groups in total. The van der Waals surface area contributed by atoms with E-state index in [0.29, 0.717) is 0 Å². The van der Waals surface area contributed by atoms with Crippen LogP contribution in [0.25, 0.3) is 0 Å². The number of hydrogen-bond acceptors (Lipinski definition) is 2. The van der Waals surface area contributed by atoms with Crippen molar-refractivity contribution in [3.8, 4) is 0 Å². The zero-order valence-electron chi connectivity index (χ0n) is 2.23. The van der Waals surface area contributed by atoms with Gasteiger partial charge >= 0.3 is 0 Å². The average Bonchev–Trinajstić information content (AvgIpc) is 0.918. The SMILES string of the molecule is N.[B]PO. The van der Waals surface area contributed by atoms with Crippen molar-refractivity contribution < 1.29 is 4.89 Å². The van der Waals surface area contributed by atoms with Gasteiger partial charge in [0.15, 0.2) is 0 Å². The highest BCUT2D eigenvalue weighted by Gasteiger charge is 1.35. The molecule has 0 heterocycles. The summed E-state index contributed by atoms with van der Waals surface area (Å²) in [5, 5.41) is 0. The van der Waals surface area contributed by atoms with Gasteiger partial charge in [0, 0.05) is 0 Å². The molecule has 4 heteroatoms. The number of hydrogen-bond donors (Lipinski definition) is 2. The molecule has 0 amide bonds. The van der Waals surface area contributed by atoms with Gasteiger partial charge in [0.05, 0.1) is 0 Å². The van der Waals surface area contributed by atoms with Crippen LogP contribution in [-0.2, 0) is 0 Å². The normalized spacial score (nSPS) is 7.25. The van der Waals surface area contributed by atoms with E-state index in [1.165, 1.54) is 0 Å². The zero-order chi connectivity index (χ0) is 2.71. The van der Waals surface area contributed by atoms with E-state index in [1.54, 1.807) is 0 Å². The molecule has 1 atom stereocenters. The zero-order valence-corrected chi connectivity index (χ0v) is 3.23. The fraction of sp³-hybridized carbons (Fsp3) is 0. The van der Waals surface area contributed by atoms with Crippen LogP contribution in [0.3, 0.4) is 0 Å². The fourth-order valence-corrected chi connectivity index (χ4v) is 0. The molecule has 2 radical (unpaired) electrons. The molecule has 24 valence electrons. The van der Waals surface area contributed by atoms with E-state index < -0.39 is 8.69 Å². The van der Waals surface area contributed by atoms with E-state index >= 15 is 0 Å². The highest BCUT2D eigenvalue weighted by Crippen LogP contribution is 1.80. The van der Waals surface area contributed by atoms with Gasteiger partial charge in [0.1, 0.15) is 7.57 Å². The first-order valence-electron chi connectivity index (χ1n) is 0.512. The molecule has 4 heavy (non-hydrogen) atoms. The second-order valence-corrected chi connectivity index (χ2v) is 0.387. The summed E-state index contributed by atoms with van der Waals surface area (Å²) >= 11 is 0. The lowest BCUT2D eigenvalue weighted by Crippen LogP contribution is -1.27. The Balaban J connectivity index is 0. The Morgan fingerprint density at radius 2 is 1.75 bits per heavy atom. The van der Waals surface area contributed by atoms with E-state index in [9.17, 15) is 0 Å². The van der Waals surface area contributed by atoms with Crippen LogP contribution in [0.15, 0.2) is 0 Å². The quantitative estimate of drug-likeness (QED) is 0.311. The highest BCUT2D eigenvalue weighted by molar-refractivity contribution is 7.61. The summed E-state index contributed by atoms with van der Waals surface area (Å²) in [6.07, 6.45) is 0. The Bertz CT molecular complexity index is 8.00. The molecule has 0 aliphatic carbocycles. The molecule has 0 saturated heterocycles. The fourth-order valence-electron chi connectivity index (χ4n) is 0. The van der Waals surface area contributed by atoms with Gasteiger partial charge in [-0.3, -0.25) is 0 Å². The minimum absolute atomic E-state index is 0. The average molecular weight is 76.8 g/mol. The van der Waals surface area contributed by atoms with Crippen LogP contribution in [0.2, 0.25) is 0 Å². The lowest BCUT2D eigenvalue weighted by atomic mass is 10.8. The third-order valence-corrected chi connectivity index (χ3v) is 0. The summed E-state index contributed by atoms with van der Waals surface area (Å²) in [5.74, 6) is 0. The maximum Gasteiger partial charge on any atom is 0.143 e. The van der Waals surface area contributed by atoms with Crippen LogP contribution >= 0.6 is 8.69 Å². The summed E-state index contributed by atoms with van der Waals surface area (Å²) < 4.78 is 0. The first kappa shape index (κ1) is 8.83. The van der Waals surface area contributed by atoms with E-state index in [1.807, 2.05) is 0 Å². The first-order valence-corrected chi connectivity index (χ1v) is 1.54. The highest BCUT2D eigenvalue weighted by atomic mass is 31.1. The summed E-state index contributed by atoms with van der Waals surface area (Å²) in [7, 11) is 4.01. The molecular formula is H5BNOP. The van der Waals surface area contributed by atoms with E-state index in [4.69, 9.17) is 4.89 Å². The molecular weight excluding hydrogens is 71.8 g/mol. The second-order valence-electron chi connectivity index (χ2n) is 0.129. The first-order chi connectivity index (χ1) is 1.41. The molecule has 0 fully saturated rings. The van der Waals surface area contributed by atoms with Gasteiger partial charge in [-0.25, -0.2) is 0 Å². The summed E-state index contributed by atoms with van der Waals surface area (Å²) in [5.41, 5.74) is 0. The maximum absolute atomic E-state index is 7.38. The van der Waals surface area contributed by atoms with Crippen LogP contribution in [0.5, 0.6) is 0 Å². The predicted octanol–water partition coefficient (Wildman–Crippen LogP) is -0.182. The van der Waals surface area contributed by atoms with Gasteiger partial charge in [-0.15, -0.1) is 0 Å². The standard InChI is InChI=1S/BH2OP.H3N/c1-3-2;/h2-3H;1H3. The minimum atomic E-state index is -0.417. The van der Waals surface area contributed by atoms with Gasteiger partial charge in [0.2, 0.25) is 0 Å². The third-order valence-electron chi connectivity index (χ3n) is 0. The van der Waals surface area contributed by atoms with Gasteiger partial charge in [-0.05, 0) is 8.69 Å². The second kappa shape index (κ2) is 9.95. The topological polar surface area (TPSA) is 55.2 Å². The molecule has 0 aliphatic rings. The van der Waals surface area contributed by atoms with Crippen molar-refractivity contribution in [2.45, 2.75) is 0 Å². The van der Waals surface area contributed by atoms with Crippen LogP contribution in [0.4, 0.5) is 0 Å². The Kier molecular flexibility index (Phi) is 22.0. The molecule has 0 bridgehead atoms. The Morgan fingerprint density at radius 1 is 1.75 bits per heavy atom. The van der Waals surface area contributed by atoms with Crippen LogP contribution < -0.4 is 6.15 Å². The van der Waals surface area contributed by atoms with Crippen molar-refractivity contribution in [2.75, 3.05) is 0 Å². The van der Waals surface area contributed by atoms with E-state index in [0.717, 1.165) is 0 Å². The Labute approximate surface area is 28.4 Å². The molecule has 0 rings (SSSR count). The van der Waals surface area contributed by atoms with E-state index in [-0.39, 0.29) is 6.15 Å². The van der Waals surface area contributed by atoms with Crippen molar-refractivity contribution >= 4 is 16.3 Å². The molecule has 0 aromatic rings. The lowest BCUT2D eigenvalue weighted by Gasteiger charge is -1.52. The van der Waals surface area contributed by atoms with Crippen LogP contribution in [0.1, 0.15) is 0 Å². The molecule has 1 unspecified atom stereocenters. The molecule has 0 saturated carbocycles. The van der Waals surface area contributed by atoms with Gasteiger partial charge in [0.25, 0.3) is 0 Å². The van der Waals surface area contributed by atoms with Crippen molar-refractivity contribution in [3.63, 3.8) is 0 Å². The Hall–Kier alpha value is 0.415. The minimum Gasteiger partial charge on any atom is -0.388 e. The smallest absolute Gasteiger partial charge is 0.143 e. The van der Waals surface area contributed by atoms with Gasteiger partial charge < -0.3 is 11.0 Å². The van der Waals surface area contributed by atoms with Gasteiger partial charge in [-0.2, -0.15) is 0 Å². The Morgan fingerprint density at radius 3 is 1.75 bits per heavy atom. The van der Waals surface area contributed by atoms with E-state index in [2.05, 4.69) is 7.57 Å².